The van der Waals surface area contributed by atoms with Crippen LogP contribution in [0.4, 0.5) is 11.4 Å². The van der Waals surface area contributed by atoms with E-state index in [1.807, 2.05) is 24.3 Å². The van der Waals surface area contributed by atoms with Gasteiger partial charge in [-0.25, -0.2) is 0 Å². The predicted molar refractivity (Wildman–Crippen MR) is 189 cm³/mol. The molecule has 0 aliphatic heterocycles. The molecule has 0 spiro atoms. The number of anilines is 2. The molecule has 0 heterocycles. The van der Waals surface area contributed by atoms with E-state index in [1.165, 1.54) is 21.5 Å². The van der Waals surface area contributed by atoms with Gasteiger partial charge in [-0.05, 0) is 115 Å². The van der Waals surface area contributed by atoms with Crippen LogP contribution in [-0.2, 0) is 6.16 Å². The number of hydrogen-bond donors (Lipinski definition) is 0. The number of nitrogens with zero attached hydrogens (tertiary/aromatic N) is 1. The summed E-state index contributed by atoms with van der Waals surface area (Å²) in [7, 11) is 1.41. The molecule has 0 saturated carbocycles. The van der Waals surface area contributed by atoms with Crippen LogP contribution in [0.1, 0.15) is 5.56 Å². The molecule has 6 rings (SSSR count). The maximum atomic E-state index is 5.41. The molecule has 0 aliphatic rings. The number of ether oxygens (including phenoxy) is 2. The van der Waals surface area contributed by atoms with E-state index in [2.05, 4.69) is 144 Å². The summed E-state index contributed by atoms with van der Waals surface area (Å²) in [5, 5.41) is 4.17. The summed E-state index contributed by atoms with van der Waals surface area (Å²) in [5.41, 5.74) is 3.44. The Morgan fingerprint density at radius 3 is 1.23 bits per heavy atom. The monoisotopic (exact) mass is 612 g/mol. The third-order valence-electron chi connectivity index (χ3n) is 7.74. The van der Waals surface area contributed by atoms with E-state index in [4.69, 9.17) is 9.47 Å². The summed E-state index contributed by atoms with van der Waals surface area (Å²) >= 11 is 1.70. The quantitative estimate of drug-likeness (QED) is 0.108. The molecule has 0 aliphatic carbocycles. The first kappa shape index (κ1) is 29.6. The van der Waals surface area contributed by atoms with Gasteiger partial charge < -0.3 is 9.47 Å². The van der Waals surface area contributed by atoms with Crippen LogP contribution in [-0.4, -0.2) is 14.2 Å². The molecule has 3 nitrogen and oxygen atoms in total. The largest absolute Gasteiger partial charge is 0.497 e. The minimum atomic E-state index is -1.97. The Labute approximate surface area is 265 Å². The molecular formula is C39H35NO2PS+. The van der Waals surface area contributed by atoms with Crippen LogP contribution in [0.25, 0.3) is 0 Å². The zero-order chi connectivity index (χ0) is 30.2. The standard InChI is InChI=1S/C39H35NO2PS/c1-41-34-24-20-32(21-25-34)40(33-22-26-35(42-2)27-23-33)44-39-28-18-31(19-29-39)30-43(36-12-6-3-7-13-36,37-14-8-4-9-15-37)38-16-10-5-11-17-38/h3-29H,30H2,1-2H3/q+1. The molecule has 218 valence electrons. The molecule has 0 fully saturated rings. The maximum Gasteiger partial charge on any atom is 0.119 e. The lowest BCUT2D eigenvalue weighted by Crippen LogP contribution is -2.32. The van der Waals surface area contributed by atoms with E-state index in [-0.39, 0.29) is 0 Å². The summed E-state index contributed by atoms with van der Waals surface area (Å²) < 4.78 is 13.1. The van der Waals surface area contributed by atoms with Gasteiger partial charge in [0.25, 0.3) is 0 Å². The Hall–Kier alpha value is -4.50. The fraction of sp³-hybridized carbons (Fsp3) is 0.0769. The second-order valence-electron chi connectivity index (χ2n) is 10.4. The van der Waals surface area contributed by atoms with Gasteiger partial charge in [0.2, 0.25) is 0 Å². The van der Waals surface area contributed by atoms with Crippen molar-refractivity contribution in [3.63, 3.8) is 0 Å². The van der Waals surface area contributed by atoms with Crippen molar-refractivity contribution in [1.82, 2.24) is 0 Å². The van der Waals surface area contributed by atoms with Crippen LogP contribution >= 0.6 is 19.2 Å². The Kier molecular flexibility index (Phi) is 9.31. The molecule has 0 atom stereocenters. The maximum absolute atomic E-state index is 5.41. The van der Waals surface area contributed by atoms with Crippen LogP contribution in [0.3, 0.4) is 0 Å². The Balaban J connectivity index is 1.36. The highest BCUT2D eigenvalue weighted by atomic mass is 32.2. The Morgan fingerprint density at radius 1 is 0.477 bits per heavy atom. The van der Waals surface area contributed by atoms with Crippen LogP contribution in [0.5, 0.6) is 11.5 Å². The minimum absolute atomic E-state index is 0.833. The van der Waals surface area contributed by atoms with Crippen molar-refractivity contribution >= 4 is 46.5 Å². The molecule has 6 aromatic carbocycles. The fourth-order valence-electron chi connectivity index (χ4n) is 5.49. The average molecular weight is 613 g/mol. The van der Waals surface area contributed by atoms with Gasteiger partial charge in [0, 0.05) is 4.90 Å². The normalized spacial score (nSPS) is 11.1. The molecule has 0 aromatic heterocycles. The lowest BCUT2D eigenvalue weighted by Gasteiger charge is -2.28. The Morgan fingerprint density at radius 2 is 0.864 bits per heavy atom. The van der Waals surface area contributed by atoms with Gasteiger partial charge in [0.1, 0.15) is 34.7 Å². The number of methoxy groups -OCH3 is 2. The van der Waals surface area contributed by atoms with Gasteiger partial charge in [0.15, 0.2) is 0 Å². The number of hydrogen-bond acceptors (Lipinski definition) is 4. The summed E-state index contributed by atoms with van der Waals surface area (Å²) in [6.45, 7) is 0. The van der Waals surface area contributed by atoms with Crippen molar-refractivity contribution < 1.29 is 9.47 Å². The second kappa shape index (κ2) is 13.9. The van der Waals surface area contributed by atoms with Gasteiger partial charge in [-0.1, -0.05) is 66.7 Å². The molecule has 6 aromatic rings. The predicted octanol–water partition coefficient (Wildman–Crippen LogP) is 9.04. The lowest BCUT2D eigenvalue weighted by atomic mass is 10.2. The molecule has 0 bridgehead atoms. The smallest absolute Gasteiger partial charge is 0.119 e. The third-order valence-corrected chi connectivity index (χ3v) is 13.2. The highest BCUT2D eigenvalue weighted by molar-refractivity contribution is 8.01. The van der Waals surface area contributed by atoms with E-state index in [1.54, 1.807) is 26.2 Å². The zero-order valence-electron chi connectivity index (χ0n) is 24.9. The minimum Gasteiger partial charge on any atom is -0.497 e. The first-order chi connectivity index (χ1) is 21.7. The first-order valence-corrected chi connectivity index (χ1v) is 17.3. The van der Waals surface area contributed by atoms with Crippen LogP contribution in [0, 0.1) is 0 Å². The van der Waals surface area contributed by atoms with Crippen molar-refractivity contribution in [1.29, 1.82) is 0 Å². The van der Waals surface area contributed by atoms with Crippen molar-refractivity contribution in [3.8, 4) is 11.5 Å². The van der Waals surface area contributed by atoms with Crippen LogP contribution in [0.15, 0.2) is 169 Å². The van der Waals surface area contributed by atoms with E-state index in [0.717, 1.165) is 33.9 Å². The average Bonchev–Trinajstić information content (AvgIpc) is 3.11. The molecule has 5 heteroatoms. The molecular weight excluding hydrogens is 577 g/mol. The SMILES string of the molecule is COc1ccc(N(Sc2ccc(C[P+](c3ccccc3)(c3ccccc3)c3ccccc3)cc2)c2ccc(OC)cc2)cc1. The summed E-state index contributed by atoms with van der Waals surface area (Å²) in [6, 6.07) is 58.6. The number of benzene rings is 6. The van der Waals surface area contributed by atoms with Gasteiger partial charge in [0.05, 0.1) is 31.8 Å². The van der Waals surface area contributed by atoms with Gasteiger partial charge in [-0.15, -0.1) is 0 Å². The van der Waals surface area contributed by atoms with Gasteiger partial charge >= 0.3 is 0 Å². The van der Waals surface area contributed by atoms with E-state index >= 15 is 0 Å². The first-order valence-electron chi connectivity index (χ1n) is 14.6. The van der Waals surface area contributed by atoms with Crippen molar-refractivity contribution in [3.05, 3.63) is 169 Å². The van der Waals surface area contributed by atoms with E-state index in [9.17, 15) is 0 Å². The summed E-state index contributed by atoms with van der Waals surface area (Å²) in [4.78, 5) is 1.16. The fourth-order valence-corrected chi connectivity index (χ4v) is 10.7. The highest BCUT2D eigenvalue weighted by Crippen LogP contribution is 2.58. The van der Waals surface area contributed by atoms with Gasteiger partial charge in [-0.3, -0.25) is 4.31 Å². The zero-order valence-corrected chi connectivity index (χ0v) is 26.6. The molecule has 0 radical (unpaired) electrons. The summed E-state index contributed by atoms with van der Waals surface area (Å²) in [6.07, 6.45) is 0.941. The topological polar surface area (TPSA) is 21.7 Å². The van der Waals surface area contributed by atoms with Crippen LogP contribution < -0.4 is 29.7 Å². The highest BCUT2D eigenvalue weighted by Gasteiger charge is 2.45. The van der Waals surface area contributed by atoms with Crippen molar-refractivity contribution in [2.24, 2.45) is 0 Å². The lowest BCUT2D eigenvalue weighted by molar-refractivity contribution is 0.415. The van der Waals surface area contributed by atoms with E-state index in [0.29, 0.717) is 0 Å². The number of rotatable bonds is 11. The molecule has 0 N–H and O–H groups in total. The summed E-state index contributed by atoms with van der Waals surface area (Å²) in [5.74, 6) is 1.67. The third kappa shape index (κ3) is 6.38. The molecule has 44 heavy (non-hydrogen) atoms. The molecule has 0 unspecified atom stereocenters. The van der Waals surface area contributed by atoms with Crippen molar-refractivity contribution in [2.45, 2.75) is 11.1 Å². The van der Waals surface area contributed by atoms with E-state index < -0.39 is 7.26 Å². The second-order valence-corrected chi connectivity index (χ2v) is 14.9. The molecule has 0 amide bonds. The van der Waals surface area contributed by atoms with Crippen molar-refractivity contribution in [2.75, 3.05) is 18.5 Å². The Bertz CT molecular complexity index is 1600. The molecule has 0 saturated heterocycles. The van der Waals surface area contributed by atoms with Gasteiger partial charge in [-0.2, -0.15) is 0 Å². The van der Waals surface area contributed by atoms with Crippen LogP contribution in [0.2, 0.25) is 0 Å².